The molecule has 0 saturated carbocycles. The van der Waals surface area contributed by atoms with Gasteiger partial charge in [0.25, 0.3) is 5.91 Å². The number of hydrogen-bond donors (Lipinski definition) is 2. The lowest BCUT2D eigenvalue weighted by atomic mass is 9.95. The summed E-state index contributed by atoms with van der Waals surface area (Å²) in [6, 6.07) is 18.2. The molecule has 3 aromatic carbocycles. The van der Waals surface area contributed by atoms with Crippen molar-refractivity contribution in [2.24, 2.45) is 5.92 Å². The van der Waals surface area contributed by atoms with Crippen molar-refractivity contribution in [3.8, 4) is 22.3 Å². The molecule has 0 spiro atoms. The zero-order valence-corrected chi connectivity index (χ0v) is 18.9. The summed E-state index contributed by atoms with van der Waals surface area (Å²) in [6.45, 7) is 2.53. The van der Waals surface area contributed by atoms with E-state index < -0.39 is 0 Å². The summed E-state index contributed by atoms with van der Waals surface area (Å²) in [6.07, 6.45) is 1.02. The van der Waals surface area contributed by atoms with Gasteiger partial charge in [0.1, 0.15) is 11.6 Å². The van der Waals surface area contributed by atoms with Gasteiger partial charge in [0.2, 0.25) is 0 Å². The maximum absolute atomic E-state index is 13.4. The molecule has 2 N–H and O–H groups in total. The molecule has 1 amide bonds. The topological polar surface area (TPSA) is 44.4 Å². The van der Waals surface area contributed by atoms with E-state index in [9.17, 15) is 13.6 Å². The van der Waals surface area contributed by atoms with Crippen LogP contribution in [0.5, 0.6) is 0 Å². The van der Waals surface area contributed by atoms with Crippen LogP contribution in [0, 0.1) is 17.6 Å². The summed E-state index contributed by atoms with van der Waals surface area (Å²) in [5.41, 5.74) is 3.72. The highest BCUT2D eigenvalue weighted by atomic mass is 19.1. The first-order valence-electron chi connectivity index (χ1n) is 11.2. The van der Waals surface area contributed by atoms with Gasteiger partial charge >= 0.3 is 0 Å². The lowest BCUT2D eigenvalue weighted by Crippen LogP contribution is -2.37. The van der Waals surface area contributed by atoms with Crippen LogP contribution in [0.15, 0.2) is 66.7 Å². The molecular weight excluding hydrogens is 420 g/mol. The zero-order valence-electron chi connectivity index (χ0n) is 18.9. The summed E-state index contributed by atoms with van der Waals surface area (Å²) in [5.74, 6) is -0.222. The van der Waals surface area contributed by atoms with E-state index >= 15 is 0 Å². The average molecular weight is 450 g/mol. The first kappa shape index (κ1) is 23.1. The third-order valence-corrected chi connectivity index (χ3v) is 6.00. The number of rotatable bonds is 7. The molecule has 0 unspecified atom stereocenters. The summed E-state index contributed by atoms with van der Waals surface area (Å²) in [4.78, 5) is 15.3. The quantitative estimate of drug-likeness (QED) is 0.556. The van der Waals surface area contributed by atoms with E-state index in [0.29, 0.717) is 18.0 Å². The molecular formula is C27H29F2N3O. The van der Waals surface area contributed by atoms with Gasteiger partial charge in [0, 0.05) is 24.7 Å². The highest BCUT2D eigenvalue weighted by Crippen LogP contribution is 2.29. The number of nitrogens with one attached hydrogen (secondary N) is 2. The molecule has 0 aromatic heterocycles. The van der Waals surface area contributed by atoms with E-state index in [1.807, 2.05) is 18.2 Å². The summed E-state index contributed by atoms with van der Waals surface area (Å²) in [5, 5.41) is 6.55. The van der Waals surface area contributed by atoms with Crippen LogP contribution in [0.25, 0.3) is 22.3 Å². The first-order valence-corrected chi connectivity index (χ1v) is 11.2. The SMILES string of the molecule is CN(C)C[C@H]1CN[C@H](CNC(=O)c2cc(-c3ccc(F)cc3)cc(-c3ccc(F)cc3)c2)C1. The first-order chi connectivity index (χ1) is 15.9. The monoisotopic (exact) mass is 449 g/mol. The van der Waals surface area contributed by atoms with Gasteiger partial charge < -0.3 is 15.5 Å². The van der Waals surface area contributed by atoms with Crippen LogP contribution >= 0.6 is 0 Å². The number of halogens is 2. The van der Waals surface area contributed by atoms with Gasteiger partial charge in [-0.2, -0.15) is 0 Å². The molecule has 1 heterocycles. The molecule has 1 fully saturated rings. The largest absolute Gasteiger partial charge is 0.350 e. The Morgan fingerprint density at radius 2 is 1.45 bits per heavy atom. The minimum atomic E-state index is -0.317. The summed E-state index contributed by atoms with van der Waals surface area (Å²) in [7, 11) is 4.14. The van der Waals surface area contributed by atoms with Gasteiger partial charge in [-0.15, -0.1) is 0 Å². The van der Waals surface area contributed by atoms with Crippen LogP contribution in [-0.2, 0) is 0 Å². The molecule has 1 aliphatic rings. The lowest BCUT2D eigenvalue weighted by Gasteiger charge is -2.16. The molecule has 1 aliphatic heterocycles. The second-order valence-electron chi connectivity index (χ2n) is 8.99. The van der Waals surface area contributed by atoms with E-state index in [1.165, 1.54) is 24.3 Å². The summed E-state index contributed by atoms with van der Waals surface area (Å²) >= 11 is 0. The van der Waals surface area contributed by atoms with Crippen LogP contribution in [0.4, 0.5) is 8.78 Å². The van der Waals surface area contributed by atoms with Gasteiger partial charge in [-0.05, 0) is 97.7 Å². The Bertz CT molecular complexity index is 1030. The van der Waals surface area contributed by atoms with Crippen molar-refractivity contribution in [1.82, 2.24) is 15.5 Å². The lowest BCUT2D eigenvalue weighted by molar-refractivity contribution is 0.0950. The average Bonchev–Trinajstić information content (AvgIpc) is 3.24. The van der Waals surface area contributed by atoms with Crippen LogP contribution in [0.3, 0.4) is 0 Å². The fourth-order valence-corrected chi connectivity index (χ4v) is 4.41. The minimum absolute atomic E-state index is 0.166. The zero-order chi connectivity index (χ0) is 23.4. The van der Waals surface area contributed by atoms with Crippen LogP contribution < -0.4 is 10.6 Å². The molecule has 3 aromatic rings. The normalized spacial score (nSPS) is 18.0. The Kier molecular flexibility index (Phi) is 7.16. The predicted octanol–water partition coefficient (Wildman–Crippen LogP) is 4.57. The third kappa shape index (κ3) is 6.03. The molecule has 1 saturated heterocycles. The molecule has 4 rings (SSSR count). The maximum Gasteiger partial charge on any atom is 0.251 e. The van der Waals surface area contributed by atoms with Crippen molar-refractivity contribution in [3.63, 3.8) is 0 Å². The standard InChI is InChI=1S/C27H29F2N3O/c1-32(2)17-18-11-26(30-15-18)16-31-27(33)23-13-21(19-3-7-24(28)8-4-19)12-22(14-23)20-5-9-25(29)10-6-20/h3-10,12-14,18,26,30H,11,15-17H2,1-2H3,(H,31,33)/t18-,26+/m1/s1. The van der Waals surface area contributed by atoms with E-state index in [4.69, 9.17) is 0 Å². The van der Waals surface area contributed by atoms with E-state index in [0.717, 1.165) is 41.8 Å². The molecule has 0 radical (unpaired) electrons. The Labute approximate surface area is 193 Å². The van der Waals surface area contributed by atoms with Crippen molar-refractivity contribution >= 4 is 5.91 Å². The predicted molar refractivity (Wildman–Crippen MR) is 128 cm³/mol. The number of benzene rings is 3. The van der Waals surface area contributed by atoms with Gasteiger partial charge in [-0.3, -0.25) is 4.79 Å². The smallest absolute Gasteiger partial charge is 0.251 e. The molecule has 172 valence electrons. The number of carbonyl (C=O) groups is 1. The van der Waals surface area contributed by atoms with Gasteiger partial charge in [-0.25, -0.2) is 8.78 Å². The van der Waals surface area contributed by atoms with E-state index in [1.54, 1.807) is 24.3 Å². The molecule has 0 bridgehead atoms. The van der Waals surface area contributed by atoms with E-state index in [-0.39, 0.29) is 23.6 Å². The van der Waals surface area contributed by atoms with Crippen molar-refractivity contribution < 1.29 is 13.6 Å². The number of carbonyl (C=O) groups excluding carboxylic acids is 1. The second-order valence-corrected chi connectivity index (χ2v) is 8.99. The number of hydrogen-bond acceptors (Lipinski definition) is 3. The highest BCUT2D eigenvalue weighted by Gasteiger charge is 2.24. The molecule has 6 heteroatoms. The molecule has 4 nitrogen and oxygen atoms in total. The Hall–Kier alpha value is -3.09. The van der Waals surface area contributed by atoms with Crippen molar-refractivity contribution in [3.05, 3.63) is 83.9 Å². The van der Waals surface area contributed by atoms with Crippen LogP contribution in [0.1, 0.15) is 16.8 Å². The molecule has 2 atom stereocenters. The Balaban J connectivity index is 1.55. The van der Waals surface area contributed by atoms with E-state index in [2.05, 4.69) is 29.6 Å². The van der Waals surface area contributed by atoms with Gasteiger partial charge in [0.15, 0.2) is 0 Å². The van der Waals surface area contributed by atoms with Crippen molar-refractivity contribution in [1.29, 1.82) is 0 Å². The van der Waals surface area contributed by atoms with Crippen molar-refractivity contribution in [2.45, 2.75) is 12.5 Å². The highest BCUT2D eigenvalue weighted by molar-refractivity contribution is 5.97. The van der Waals surface area contributed by atoms with Crippen LogP contribution in [0.2, 0.25) is 0 Å². The minimum Gasteiger partial charge on any atom is -0.350 e. The maximum atomic E-state index is 13.4. The van der Waals surface area contributed by atoms with Gasteiger partial charge in [-0.1, -0.05) is 24.3 Å². The van der Waals surface area contributed by atoms with Crippen molar-refractivity contribution in [2.75, 3.05) is 33.7 Å². The third-order valence-electron chi connectivity index (χ3n) is 6.00. The Morgan fingerprint density at radius 3 is 1.97 bits per heavy atom. The van der Waals surface area contributed by atoms with Gasteiger partial charge in [0.05, 0.1) is 0 Å². The summed E-state index contributed by atoms with van der Waals surface area (Å²) < 4.78 is 26.9. The molecule has 33 heavy (non-hydrogen) atoms. The fraction of sp³-hybridized carbons (Fsp3) is 0.296. The molecule has 0 aliphatic carbocycles. The van der Waals surface area contributed by atoms with Crippen LogP contribution in [-0.4, -0.2) is 50.6 Å². The fourth-order valence-electron chi connectivity index (χ4n) is 4.41. The number of nitrogens with zero attached hydrogens (tertiary/aromatic N) is 1. The second kappa shape index (κ2) is 10.2. The Morgan fingerprint density at radius 1 is 0.909 bits per heavy atom. The number of amides is 1.